The highest BCUT2D eigenvalue weighted by atomic mass is 32.2. The zero-order chi connectivity index (χ0) is 14.8. The van der Waals surface area contributed by atoms with Crippen LogP contribution in [0.4, 0.5) is 11.4 Å². The van der Waals surface area contributed by atoms with E-state index in [1.165, 1.54) is 12.1 Å². The molecule has 0 amide bonds. The molecule has 3 N–H and O–H groups in total. The summed E-state index contributed by atoms with van der Waals surface area (Å²) < 4.78 is 24.7. The number of sulfone groups is 1. The van der Waals surface area contributed by atoms with Crippen LogP contribution in [0.2, 0.25) is 0 Å². The van der Waals surface area contributed by atoms with E-state index in [2.05, 4.69) is 15.5 Å². The number of anilines is 2. The molecule has 2 aromatic rings. The monoisotopic (exact) mass is 295 g/mol. The molecule has 1 heterocycles. The highest BCUT2D eigenvalue weighted by Crippen LogP contribution is 2.22. The minimum atomic E-state index is -3.23. The van der Waals surface area contributed by atoms with Crippen molar-refractivity contribution < 1.29 is 8.42 Å². The highest BCUT2D eigenvalue weighted by molar-refractivity contribution is 7.90. The van der Waals surface area contributed by atoms with Gasteiger partial charge >= 0.3 is 0 Å². The number of aryl methyl sites for hydroxylation is 1. The van der Waals surface area contributed by atoms with Gasteiger partial charge in [-0.2, -0.15) is 0 Å². The Morgan fingerprint density at radius 3 is 2.70 bits per heavy atom. The predicted octanol–water partition coefficient (Wildman–Crippen LogP) is 0.455. The van der Waals surface area contributed by atoms with E-state index in [-0.39, 0.29) is 4.90 Å². The van der Waals surface area contributed by atoms with Crippen LogP contribution in [0.1, 0.15) is 5.82 Å². The van der Waals surface area contributed by atoms with Crippen LogP contribution in [0.3, 0.4) is 0 Å². The zero-order valence-corrected chi connectivity index (χ0v) is 12.2. The van der Waals surface area contributed by atoms with Crippen LogP contribution in [0.5, 0.6) is 0 Å². The molecule has 0 atom stereocenters. The Kier molecular flexibility index (Phi) is 3.93. The number of nitrogens with zero attached hydrogens (tertiary/aromatic N) is 3. The summed E-state index contributed by atoms with van der Waals surface area (Å²) in [4.78, 5) is 0.217. The molecular weight excluding hydrogens is 278 g/mol. The van der Waals surface area contributed by atoms with Crippen molar-refractivity contribution >= 4 is 21.2 Å². The summed E-state index contributed by atoms with van der Waals surface area (Å²) in [6.45, 7) is 0.634. The third kappa shape index (κ3) is 3.27. The van der Waals surface area contributed by atoms with Crippen molar-refractivity contribution in [2.45, 2.75) is 11.3 Å². The van der Waals surface area contributed by atoms with Crippen LogP contribution in [-0.4, -0.2) is 36.0 Å². The fourth-order valence-corrected chi connectivity index (χ4v) is 2.43. The van der Waals surface area contributed by atoms with Gasteiger partial charge in [-0.3, -0.25) is 0 Å². The molecule has 108 valence electrons. The number of aromatic nitrogens is 3. The van der Waals surface area contributed by atoms with Gasteiger partial charge in [0.2, 0.25) is 0 Å². The smallest absolute Gasteiger partial charge is 0.175 e. The van der Waals surface area contributed by atoms with Gasteiger partial charge in [0.15, 0.2) is 9.84 Å². The highest BCUT2D eigenvalue weighted by Gasteiger charge is 2.09. The summed E-state index contributed by atoms with van der Waals surface area (Å²) in [6.07, 6.45) is 3.50. The topological polar surface area (TPSA) is 103 Å². The third-order valence-electron chi connectivity index (χ3n) is 2.92. The molecule has 0 aliphatic rings. The average Bonchev–Trinajstić information content (AvgIpc) is 2.76. The fraction of sp³-hybridized carbons (Fsp3) is 0.333. The maximum absolute atomic E-state index is 11.4. The first-order valence-electron chi connectivity index (χ1n) is 6.04. The van der Waals surface area contributed by atoms with Crippen molar-refractivity contribution in [3.8, 4) is 0 Å². The lowest BCUT2D eigenvalue weighted by molar-refractivity contribution is 0.602. The molecule has 0 radical (unpaired) electrons. The first kappa shape index (κ1) is 14.3. The molecule has 0 saturated carbocycles. The van der Waals surface area contributed by atoms with E-state index in [9.17, 15) is 8.42 Å². The van der Waals surface area contributed by atoms with E-state index in [0.29, 0.717) is 24.3 Å². The minimum Gasteiger partial charge on any atom is -0.397 e. The van der Waals surface area contributed by atoms with Gasteiger partial charge in [0.1, 0.15) is 12.2 Å². The van der Waals surface area contributed by atoms with Crippen LogP contribution >= 0.6 is 0 Å². The third-order valence-corrected chi connectivity index (χ3v) is 4.03. The second kappa shape index (κ2) is 5.49. The van der Waals surface area contributed by atoms with Crippen molar-refractivity contribution in [2.24, 2.45) is 7.05 Å². The molecule has 0 aliphatic carbocycles. The molecule has 1 aromatic carbocycles. The molecule has 20 heavy (non-hydrogen) atoms. The molecule has 1 aromatic heterocycles. The fourth-order valence-electron chi connectivity index (χ4n) is 1.77. The van der Waals surface area contributed by atoms with Crippen LogP contribution < -0.4 is 11.1 Å². The minimum absolute atomic E-state index is 0.217. The number of nitrogens with two attached hydrogens (primary N) is 1. The van der Waals surface area contributed by atoms with Crippen LogP contribution in [0.25, 0.3) is 0 Å². The molecule has 0 fully saturated rings. The van der Waals surface area contributed by atoms with Crippen molar-refractivity contribution in [3.05, 3.63) is 30.4 Å². The van der Waals surface area contributed by atoms with E-state index in [1.807, 2.05) is 11.6 Å². The van der Waals surface area contributed by atoms with Crippen LogP contribution in [-0.2, 0) is 23.3 Å². The van der Waals surface area contributed by atoms with Gasteiger partial charge in [0, 0.05) is 26.3 Å². The Labute approximate surface area is 117 Å². The summed E-state index contributed by atoms with van der Waals surface area (Å²) in [5.74, 6) is 0.865. The molecule has 0 saturated heterocycles. The van der Waals surface area contributed by atoms with Gasteiger partial charge in [-0.05, 0) is 18.2 Å². The Hall–Kier alpha value is -2.09. The van der Waals surface area contributed by atoms with E-state index in [4.69, 9.17) is 5.73 Å². The number of nitrogens with one attached hydrogen (secondary N) is 1. The SMILES string of the molecule is Cn1cnnc1CCNc1ccc(S(C)(=O)=O)cc1N. The molecule has 8 heteroatoms. The lowest BCUT2D eigenvalue weighted by atomic mass is 10.2. The Bertz CT molecular complexity index is 708. The maximum Gasteiger partial charge on any atom is 0.175 e. The summed E-state index contributed by atoms with van der Waals surface area (Å²) in [7, 11) is -1.35. The van der Waals surface area contributed by atoms with Gasteiger partial charge in [-0.1, -0.05) is 0 Å². The Morgan fingerprint density at radius 2 is 2.15 bits per heavy atom. The van der Waals surface area contributed by atoms with Crippen molar-refractivity contribution in [2.75, 3.05) is 23.9 Å². The first-order valence-corrected chi connectivity index (χ1v) is 7.93. The summed E-state index contributed by atoms with van der Waals surface area (Å²) in [6, 6.07) is 4.67. The first-order chi connectivity index (χ1) is 9.38. The summed E-state index contributed by atoms with van der Waals surface area (Å²) in [5, 5.41) is 10.9. The Balaban J connectivity index is 2.02. The molecule has 0 aliphatic heterocycles. The number of hydrogen-bond donors (Lipinski definition) is 2. The van der Waals surface area contributed by atoms with E-state index in [1.54, 1.807) is 12.4 Å². The van der Waals surface area contributed by atoms with Crippen LogP contribution in [0, 0.1) is 0 Å². The number of benzene rings is 1. The van der Waals surface area contributed by atoms with Crippen LogP contribution in [0.15, 0.2) is 29.4 Å². The average molecular weight is 295 g/mol. The number of hydrogen-bond acceptors (Lipinski definition) is 6. The standard InChI is InChI=1S/C12H17N5O2S/c1-17-8-15-16-12(17)5-6-14-11-4-3-9(7-10(11)13)20(2,18)19/h3-4,7-8,14H,5-6,13H2,1-2H3. The molecule has 0 spiro atoms. The van der Waals surface area contributed by atoms with Crippen molar-refractivity contribution in [1.29, 1.82) is 0 Å². The molecule has 0 bridgehead atoms. The van der Waals surface area contributed by atoms with Gasteiger partial charge in [0.25, 0.3) is 0 Å². The number of rotatable bonds is 5. The molecule has 0 unspecified atom stereocenters. The van der Waals surface area contributed by atoms with Gasteiger partial charge < -0.3 is 15.6 Å². The lowest BCUT2D eigenvalue weighted by Crippen LogP contribution is -2.10. The second-order valence-corrected chi connectivity index (χ2v) is 6.57. The van der Waals surface area contributed by atoms with Crippen molar-refractivity contribution in [3.63, 3.8) is 0 Å². The summed E-state index contributed by atoms with van der Waals surface area (Å²) in [5.41, 5.74) is 6.96. The predicted molar refractivity (Wildman–Crippen MR) is 77.2 cm³/mol. The van der Waals surface area contributed by atoms with E-state index < -0.39 is 9.84 Å². The van der Waals surface area contributed by atoms with Crippen molar-refractivity contribution in [1.82, 2.24) is 14.8 Å². The second-order valence-electron chi connectivity index (χ2n) is 4.56. The zero-order valence-electron chi connectivity index (χ0n) is 11.4. The Morgan fingerprint density at radius 1 is 1.40 bits per heavy atom. The quantitative estimate of drug-likeness (QED) is 0.777. The lowest BCUT2D eigenvalue weighted by Gasteiger charge is -2.10. The van der Waals surface area contributed by atoms with Gasteiger partial charge in [-0.25, -0.2) is 8.42 Å². The molecule has 2 rings (SSSR count). The normalized spacial score (nSPS) is 11.5. The number of nitrogen functional groups attached to an aromatic ring is 1. The van der Waals surface area contributed by atoms with Gasteiger partial charge in [0.05, 0.1) is 16.3 Å². The summed E-state index contributed by atoms with van der Waals surface area (Å²) >= 11 is 0. The maximum atomic E-state index is 11.4. The largest absolute Gasteiger partial charge is 0.397 e. The van der Waals surface area contributed by atoms with E-state index in [0.717, 1.165) is 12.1 Å². The van der Waals surface area contributed by atoms with Gasteiger partial charge in [-0.15, -0.1) is 10.2 Å². The molecular formula is C12H17N5O2S. The van der Waals surface area contributed by atoms with E-state index >= 15 is 0 Å². The molecule has 7 nitrogen and oxygen atoms in total.